The predicted octanol–water partition coefficient (Wildman–Crippen LogP) is 3.62. The first-order chi connectivity index (χ1) is 13.7. The first-order valence-corrected chi connectivity index (χ1v) is 10.4. The van der Waals surface area contributed by atoms with Gasteiger partial charge in [-0.1, -0.05) is 12.1 Å². The maximum atomic E-state index is 11.0. The van der Waals surface area contributed by atoms with Crippen molar-refractivity contribution in [2.75, 3.05) is 0 Å². The van der Waals surface area contributed by atoms with Gasteiger partial charge in [-0.2, -0.15) is 4.40 Å². The van der Waals surface area contributed by atoms with Crippen molar-refractivity contribution >= 4 is 11.2 Å². The van der Waals surface area contributed by atoms with Gasteiger partial charge in [0.25, 0.3) is 5.82 Å². The summed E-state index contributed by atoms with van der Waals surface area (Å²) in [5, 5.41) is 19.7. The first kappa shape index (κ1) is 17.6. The number of aliphatic hydroxyl groups excluding tert-OH is 1. The third kappa shape index (κ3) is 3.47. The summed E-state index contributed by atoms with van der Waals surface area (Å²) in [4.78, 5) is 7.63. The second kappa shape index (κ2) is 7.13. The van der Waals surface area contributed by atoms with E-state index in [0.717, 1.165) is 40.9 Å². The molecule has 0 aromatic carbocycles. The van der Waals surface area contributed by atoms with Gasteiger partial charge in [-0.05, 0) is 73.6 Å². The van der Waals surface area contributed by atoms with E-state index in [9.17, 15) is 5.11 Å². The van der Waals surface area contributed by atoms with Crippen molar-refractivity contribution in [3.05, 3.63) is 66.0 Å². The van der Waals surface area contributed by atoms with Crippen LogP contribution in [0.5, 0.6) is 0 Å². The van der Waals surface area contributed by atoms with E-state index >= 15 is 0 Å². The summed E-state index contributed by atoms with van der Waals surface area (Å²) in [5.74, 6) is 3.17. The Kier molecular flexibility index (Phi) is 4.47. The fourth-order valence-corrected chi connectivity index (χ4v) is 4.52. The van der Waals surface area contributed by atoms with Crippen LogP contribution in [0, 0.1) is 23.2 Å². The van der Waals surface area contributed by atoms with Crippen molar-refractivity contribution in [3.63, 3.8) is 0 Å². The number of imidazole rings is 1. The SMILES string of the molecule is N=C(CC(C1CC1)C1CC1)C(O)c1[nH]c(Cc2cccnc2)[n+]2ccccc12. The van der Waals surface area contributed by atoms with E-state index in [1.165, 1.54) is 25.7 Å². The summed E-state index contributed by atoms with van der Waals surface area (Å²) in [6.45, 7) is 0. The molecule has 5 nitrogen and oxygen atoms in total. The van der Waals surface area contributed by atoms with Crippen LogP contribution in [0.25, 0.3) is 5.52 Å². The topological polar surface area (TPSA) is 76.9 Å². The lowest BCUT2D eigenvalue weighted by molar-refractivity contribution is -0.520. The normalized spacial score (nSPS) is 17.9. The fraction of sp³-hybridized carbons (Fsp3) is 0.435. The van der Waals surface area contributed by atoms with Crippen LogP contribution in [-0.2, 0) is 6.42 Å². The molecule has 28 heavy (non-hydrogen) atoms. The summed E-state index contributed by atoms with van der Waals surface area (Å²) in [6.07, 6.45) is 11.4. The van der Waals surface area contributed by atoms with Crippen molar-refractivity contribution in [2.45, 2.75) is 44.6 Å². The molecule has 5 heteroatoms. The molecule has 3 aromatic heterocycles. The Morgan fingerprint density at radius 3 is 2.64 bits per heavy atom. The lowest BCUT2D eigenvalue weighted by Gasteiger charge is -2.17. The van der Waals surface area contributed by atoms with Gasteiger partial charge in [0.05, 0.1) is 12.6 Å². The monoisotopic (exact) mass is 375 g/mol. The molecule has 5 rings (SSSR count). The van der Waals surface area contributed by atoms with Crippen molar-refractivity contribution < 1.29 is 9.51 Å². The molecule has 0 radical (unpaired) electrons. The highest BCUT2D eigenvalue weighted by molar-refractivity contribution is 5.88. The Bertz CT molecular complexity index is 976. The minimum Gasteiger partial charge on any atom is -0.378 e. The standard InChI is InChI=1S/C23H26N4O/c24-19(13-18(16-6-7-16)17-8-9-17)23(28)22-20-5-1-2-11-27(20)21(26-22)12-15-4-3-10-25-14-15/h1-5,10-11,14,16-18,23-24,28H,6-9,12-13H2/p+1. The number of H-pyrrole nitrogens is 1. The predicted molar refractivity (Wildman–Crippen MR) is 107 cm³/mol. The molecule has 0 saturated heterocycles. The van der Waals surface area contributed by atoms with Crippen molar-refractivity contribution in [1.82, 2.24) is 9.97 Å². The average Bonchev–Trinajstić information content (AvgIpc) is 3.65. The highest BCUT2D eigenvalue weighted by Crippen LogP contribution is 2.51. The van der Waals surface area contributed by atoms with Crippen LogP contribution in [0.2, 0.25) is 0 Å². The van der Waals surface area contributed by atoms with Crippen LogP contribution in [-0.4, -0.2) is 20.8 Å². The molecule has 0 bridgehead atoms. The number of nitrogens with one attached hydrogen (secondary N) is 2. The molecule has 3 heterocycles. The van der Waals surface area contributed by atoms with Gasteiger partial charge >= 0.3 is 0 Å². The molecule has 2 fully saturated rings. The second-order valence-electron chi connectivity index (χ2n) is 8.45. The number of aromatic nitrogens is 3. The molecule has 2 aliphatic carbocycles. The Labute approximate surface area is 165 Å². The summed E-state index contributed by atoms with van der Waals surface area (Å²) in [7, 11) is 0. The Morgan fingerprint density at radius 1 is 1.18 bits per heavy atom. The summed E-state index contributed by atoms with van der Waals surface area (Å²) >= 11 is 0. The van der Waals surface area contributed by atoms with Crippen LogP contribution in [0.1, 0.15) is 55.3 Å². The molecule has 1 atom stereocenters. The van der Waals surface area contributed by atoms with Crippen LogP contribution < -0.4 is 4.40 Å². The molecular weight excluding hydrogens is 348 g/mol. The van der Waals surface area contributed by atoms with E-state index in [1.807, 2.05) is 36.7 Å². The number of rotatable bonds is 8. The van der Waals surface area contributed by atoms with Crippen LogP contribution in [0.3, 0.4) is 0 Å². The lowest BCUT2D eigenvalue weighted by Crippen LogP contribution is -2.24. The number of aliphatic hydroxyl groups is 1. The number of hydrogen-bond donors (Lipinski definition) is 3. The maximum absolute atomic E-state index is 11.0. The zero-order chi connectivity index (χ0) is 19.1. The number of fused-ring (bicyclic) bond motifs is 1. The highest BCUT2D eigenvalue weighted by atomic mass is 16.3. The quantitative estimate of drug-likeness (QED) is 0.415. The maximum Gasteiger partial charge on any atom is 0.264 e. The molecule has 3 N–H and O–H groups in total. The fourth-order valence-electron chi connectivity index (χ4n) is 4.52. The number of pyridine rings is 2. The minimum absolute atomic E-state index is 0.448. The largest absolute Gasteiger partial charge is 0.378 e. The number of nitrogens with zero attached hydrogens (tertiary/aromatic N) is 2. The molecule has 0 amide bonds. The third-order valence-electron chi connectivity index (χ3n) is 6.31. The van der Waals surface area contributed by atoms with Gasteiger partial charge in [0, 0.05) is 18.1 Å². The van der Waals surface area contributed by atoms with E-state index in [1.54, 1.807) is 6.20 Å². The van der Waals surface area contributed by atoms with E-state index < -0.39 is 6.10 Å². The molecule has 3 aromatic rings. The smallest absolute Gasteiger partial charge is 0.264 e. The zero-order valence-electron chi connectivity index (χ0n) is 16.0. The Hall–Kier alpha value is -2.53. The number of aromatic amines is 1. The van der Waals surface area contributed by atoms with E-state index in [-0.39, 0.29) is 0 Å². The second-order valence-corrected chi connectivity index (χ2v) is 8.45. The van der Waals surface area contributed by atoms with Crippen molar-refractivity contribution in [2.24, 2.45) is 17.8 Å². The van der Waals surface area contributed by atoms with Gasteiger partial charge in [-0.3, -0.25) is 4.98 Å². The van der Waals surface area contributed by atoms with Crippen LogP contribution in [0.15, 0.2) is 48.9 Å². The van der Waals surface area contributed by atoms with Gasteiger partial charge in [-0.25, -0.2) is 4.98 Å². The summed E-state index contributed by atoms with van der Waals surface area (Å²) in [5.41, 5.74) is 3.23. The molecule has 2 aliphatic rings. The average molecular weight is 375 g/mol. The van der Waals surface area contributed by atoms with Gasteiger partial charge in [0.1, 0.15) is 0 Å². The van der Waals surface area contributed by atoms with Gasteiger partial charge in [0.15, 0.2) is 17.3 Å². The first-order valence-electron chi connectivity index (χ1n) is 10.4. The van der Waals surface area contributed by atoms with Crippen LogP contribution in [0.4, 0.5) is 0 Å². The zero-order valence-corrected chi connectivity index (χ0v) is 16.0. The van der Waals surface area contributed by atoms with Crippen LogP contribution >= 0.6 is 0 Å². The van der Waals surface area contributed by atoms with E-state index in [0.29, 0.717) is 18.1 Å². The molecule has 144 valence electrons. The number of hydrogen-bond acceptors (Lipinski definition) is 3. The van der Waals surface area contributed by atoms with Crippen molar-refractivity contribution in [3.8, 4) is 0 Å². The molecule has 2 saturated carbocycles. The lowest BCUT2D eigenvalue weighted by atomic mass is 9.89. The Morgan fingerprint density at radius 2 is 1.96 bits per heavy atom. The summed E-state index contributed by atoms with van der Waals surface area (Å²) < 4.78 is 2.08. The van der Waals surface area contributed by atoms with Crippen molar-refractivity contribution in [1.29, 1.82) is 5.41 Å². The molecule has 0 aliphatic heterocycles. The molecule has 0 spiro atoms. The van der Waals surface area contributed by atoms with E-state index in [2.05, 4.69) is 20.4 Å². The van der Waals surface area contributed by atoms with Gasteiger partial charge < -0.3 is 10.5 Å². The summed E-state index contributed by atoms with van der Waals surface area (Å²) in [6, 6.07) is 9.97. The van der Waals surface area contributed by atoms with E-state index in [4.69, 9.17) is 5.41 Å². The van der Waals surface area contributed by atoms with Gasteiger partial charge in [0.2, 0.25) is 0 Å². The third-order valence-corrected chi connectivity index (χ3v) is 6.31. The molecule has 1 unspecified atom stereocenters. The molecular formula is C23H27N4O+. The van der Waals surface area contributed by atoms with Gasteiger partial charge in [-0.15, -0.1) is 0 Å². The minimum atomic E-state index is -0.875. The highest BCUT2D eigenvalue weighted by Gasteiger charge is 2.42. The Balaban J connectivity index is 1.42.